The van der Waals surface area contributed by atoms with Gasteiger partial charge in [-0.1, -0.05) is 23.4 Å². The van der Waals surface area contributed by atoms with E-state index in [4.69, 9.17) is 10.3 Å². The zero-order valence-corrected chi connectivity index (χ0v) is 13.3. The van der Waals surface area contributed by atoms with Crippen LogP contribution in [-0.2, 0) is 11.2 Å². The normalized spacial score (nSPS) is 10.9. The van der Waals surface area contributed by atoms with E-state index in [2.05, 4.69) is 25.4 Å². The summed E-state index contributed by atoms with van der Waals surface area (Å²) in [6.45, 7) is 0.398. The van der Waals surface area contributed by atoms with Crippen molar-refractivity contribution in [3.63, 3.8) is 0 Å². The van der Waals surface area contributed by atoms with Gasteiger partial charge in [-0.2, -0.15) is 4.98 Å². The quantitative estimate of drug-likeness (QED) is 0.654. The first-order valence-electron chi connectivity index (χ1n) is 7.62. The van der Waals surface area contributed by atoms with Crippen molar-refractivity contribution >= 4 is 17.9 Å². The highest BCUT2D eigenvalue weighted by molar-refractivity contribution is 5.91. The number of benzene rings is 1. The lowest BCUT2D eigenvalue weighted by Gasteiger charge is -1.98. The van der Waals surface area contributed by atoms with Gasteiger partial charge in [0.2, 0.25) is 11.9 Å². The predicted molar refractivity (Wildman–Crippen MR) is 91.9 cm³/mol. The fourth-order valence-electron chi connectivity index (χ4n) is 2.02. The Balaban J connectivity index is 1.47. The van der Waals surface area contributed by atoms with E-state index in [0.29, 0.717) is 30.2 Å². The molecule has 3 N–H and O–H groups in total. The maximum atomic E-state index is 11.8. The van der Waals surface area contributed by atoms with Gasteiger partial charge in [0.15, 0.2) is 5.82 Å². The average molecular weight is 336 g/mol. The first-order chi connectivity index (χ1) is 12.2. The molecule has 2 heterocycles. The summed E-state index contributed by atoms with van der Waals surface area (Å²) < 4.78 is 5.21. The molecule has 2 aromatic heterocycles. The van der Waals surface area contributed by atoms with E-state index in [-0.39, 0.29) is 11.9 Å². The van der Waals surface area contributed by atoms with Gasteiger partial charge in [0.05, 0.1) is 0 Å². The number of hydrogen-bond donors (Lipinski definition) is 2. The van der Waals surface area contributed by atoms with Crippen molar-refractivity contribution in [2.45, 2.75) is 6.42 Å². The molecule has 25 heavy (non-hydrogen) atoms. The Morgan fingerprint density at radius 3 is 2.72 bits per heavy atom. The number of amides is 1. The molecule has 1 amide bonds. The fourth-order valence-corrected chi connectivity index (χ4v) is 2.02. The van der Waals surface area contributed by atoms with Gasteiger partial charge in [-0.05, 0) is 18.2 Å². The van der Waals surface area contributed by atoms with Crippen LogP contribution in [0.25, 0.3) is 17.5 Å². The van der Waals surface area contributed by atoms with Crippen LogP contribution in [0, 0.1) is 0 Å². The highest BCUT2D eigenvalue weighted by atomic mass is 16.5. The maximum Gasteiger partial charge on any atom is 0.257 e. The van der Waals surface area contributed by atoms with Crippen LogP contribution in [0.3, 0.4) is 0 Å². The molecule has 0 saturated carbocycles. The Hall–Kier alpha value is -3.55. The number of anilines is 1. The second kappa shape index (κ2) is 7.82. The molecule has 0 saturated heterocycles. The Labute approximate surface area is 143 Å². The number of nitrogens with two attached hydrogens (primary N) is 1. The first kappa shape index (κ1) is 16.3. The molecule has 0 spiro atoms. The van der Waals surface area contributed by atoms with Crippen LogP contribution in [0.2, 0.25) is 0 Å². The van der Waals surface area contributed by atoms with Crippen LogP contribution in [0.15, 0.2) is 53.3 Å². The third-order valence-corrected chi connectivity index (χ3v) is 3.26. The van der Waals surface area contributed by atoms with Crippen molar-refractivity contribution in [1.29, 1.82) is 0 Å². The van der Waals surface area contributed by atoms with Crippen LogP contribution < -0.4 is 11.1 Å². The van der Waals surface area contributed by atoms with Gasteiger partial charge in [-0.15, -0.1) is 0 Å². The number of carbonyl (C=O) groups excluding carboxylic acids is 1. The zero-order chi connectivity index (χ0) is 17.5. The standard InChI is InChI=1S/C17H16N6O2/c18-17-20-10-12(11-21-17)6-7-15(24)19-9-8-14-22-16(25-23-14)13-4-2-1-3-5-13/h1-7,10-11H,8-9H2,(H,19,24)(H2,18,20,21). The van der Waals surface area contributed by atoms with E-state index in [1.54, 1.807) is 6.08 Å². The summed E-state index contributed by atoms with van der Waals surface area (Å²) in [5, 5.41) is 6.66. The number of nitrogens with zero attached hydrogens (tertiary/aromatic N) is 4. The molecule has 0 aliphatic rings. The van der Waals surface area contributed by atoms with Crippen molar-refractivity contribution in [2.75, 3.05) is 12.3 Å². The maximum absolute atomic E-state index is 11.8. The molecule has 0 aliphatic heterocycles. The highest BCUT2D eigenvalue weighted by Gasteiger charge is 2.08. The third kappa shape index (κ3) is 4.71. The molecular formula is C17H16N6O2. The molecule has 0 atom stereocenters. The van der Waals surface area contributed by atoms with Gasteiger partial charge in [0.1, 0.15) is 0 Å². The lowest BCUT2D eigenvalue weighted by molar-refractivity contribution is -0.116. The summed E-state index contributed by atoms with van der Waals surface area (Å²) in [6, 6.07) is 9.51. The number of nitrogen functional groups attached to an aromatic ring is 1. The van der Waals surface area contributed by atoms with Crippen LogP contribution >= 0.6 is 0 Å². The molecule has 1 aromatic carbocycles. The van der Waals surface area contributed by atoms with Crippen molar-refractivity contribution in [3.05, 3.63) is 60.2 Å². The smallest absolute Gasteiger partial charge is 0.257 e. The minimum Gasteiger partial charge on any atom is -0.368 e. The van der Waals surface area contributed by atoms with Crippen molar-refractivity contribution < 1.29 is 9.32 Å². The second-order valence-electron chi connectivity index (χ2n) is 5.13. The van der Waals surface area contributed by atoms with Crippen molar-refractivity contribution in [2.24, 2.45) is 0 Å². The van der Waals surface area contributed by atoms with E-state index >= 15 is 0 Å². The minimum absolute atomic E-state index is 0.191. The summed E-state index contributed by atoms with van der Waals surface area (Å²) in [4.78, 5) is 23.8. The number of nitrogens with one attached hydrogen (secondary N) is 1. The average Bonchev–Trinajstić information content (AvgIpc) is 3.11. The van der Waals surface area contributed by atoms with E-state index in [1.165, 1.54) is 18.5 Å². The fraction of sp³-hybridized carbons (Fsp3) is 0.118. The molecule has 8 heteroatoms. The zero-order valence-electron chi connectivity index (χ0n) is 13.3. The van der Waals surface area contributed by atoms with Crippen LogP contribution in [0.5, 0.6) is 0 Å². The molecule has 126 valence electrons. The van der Waals surface area contributed by atoms with Crippen molar-refractivity contribution in [1.82, 2.24) is 25.4 Å². The van der Waals surface area contributed by atoms with Gasteiger partial charge in [-0.3, -0.25) is 4.79 Å². The van der Waals surface area contributed by atoms with Crippen LogP contribution in [0.1, 0.15) is 11.4 Å². The van der Waals surface area contributed by atoms with E-state index < -0.39 is 0 Å². The SMILES string of the molecule is Nc1ncc(C=CC(=O)NCCc2noc(-c3ccccc3)n2)cn1. The Morgan fingerprint density at radius 2 is 1.96 bits per heavy atom. The molecule has 8 nitrogen and oxygen atoms in total. The lowest BCUT2D eigenvalue weighted by Crippen LogP contribution is -2.23. The van der Waals surface area contributed by atoms with Gasteiger partial charge in [0, 0.05) is 42.6 Å². The summed E-state index contributed by atoms with van der Waals surface area (Å²) in [7, 11) is 0. The van der Waals surface area contributed by atoms with Gasteiger partial charge >= 0.3 is 0 Å². The highest BCUT2D eigenvalue weighted by Crippen LogP contribution is 2.15. The van der Waals surface area contributed by atoms with Gasteiger partial charge in [-0.25, -0.2) is 9.97 Å². The molecule has 0 fully saturated rings. The van der Waals surface area contributed by atoms with Gasteiger partial charge < -0.3 is 15.6 Å². The summed E-state index contributed by atoms with van der Waals surface area (Å²) in [5.41, 5.74) is 6.95. The van der Waals surface area contributed by atoms with E-state index in [1.807, 2.05) is 30.3 Å². The summed E-state index contributed by atoms with van der Waals surface area (Å²) in [5.74, 6) is 0.959. The van der Waals surface area contributed by atoms with Crippen molar-refractivity contribution in [3.8, 4) is 11.5 Å². The van der Waals surface area contributed by atoms with E-state index in [9.17, 15) is 4.79 Å². The molecular weight excluding hydrogens is 320 g/mol. The summed E-state index contributed by atoms with van der Waals surface area (Å²) in [6.07, 6.45) is 6.56. The Kier molecular flexibility index (Phi) is 5.10. The third-order valence-electron chi connectivity index (χ3n) is 3.26. The molecule has 0 radical (unpaired) electrons. The van der Waals surface area contributed by atoms with E-state index in [0.717, 1.165) is 5.56 Å². The van der Waals surface area contributed by atoms with Crippen LogP contribution in [0.4, 0.5) is 5.95 Å². The topological polar surface area (TPSA) is 120 Å². The molecule has 0 aliphatic carbocycles. The largest absolute Gasteiger partial charge is 0.368 e. The summed E-state index contributed by atoms with van der Waals surface area (Å²) >= 11 is 0. The lowest BCUT2D eigenvalue weighted by atomic mass is 10.2. The number of hydrogen-bond acceptors (Lipinski definition) is 7. The van der Waals surface area contributed by atoms with Gasteiger partial charge in [0.25, 0.3) is 5.89 Å². The molecule has 3 rings (SSSR count). The predicted octanol–water partition coefficient (Wildman–Crippen LogP) is 1.48. The number of carbonyl (C=O) groups is 1. The Bertz CT molecular complexity index is 858. The monoisotopic (exact) mass is 336 g/mol. The second-order valence-corrected chi connectivity index (χ2v) is 5.13. The van der Waals surface area contributed by atoms with Crippen LogP contribution in [-0.4, -0.2) is 32.6 Å². The number of aromatic nitrogens is 4. The Morgan fingerprint density at radius 1 is 1.20 bits per heavy atom. The number of rotatable bonds is 6. The molecule has 0 bridgehead atoms. The first-order valence-corrected chi connectivity index (χ1v) is 7.62. The molecule has 0 unspecified atom stereocenters. The molecule has 3 aromatic rings. The minimum atomic E-state index is -0.233.